The maximum Gasteiger partial charge on any atom is 0.0156 e. The minimum atomic E-state index is -0.0245. The molecule has 0 saturated heterocycles. The van der Waals surface area contributed by atoms with Crippen LogP contribution in [0, 0.1) is 11.8 Å². The lowest BCUT2D eigenvalue weighted by molar-refractivity contribution is 0.412. The van der Waals surface area contributed by atoms with E-state index in [0.717, 1.165) is 12.8 Å². The Kier molecular flexibility index (Phi) is 4.74. The van der Waals surface area contributed by atoms with Crippen LogP contribution in [0.5, 0.6) is 0 Å². The molecule has 0 amide bonds. The molecule has 7 aliphatic carbocycles. The van der Waals surface area contributed by atoms with E-state index in [9.17, 15) is 0 Å². The number of hydrogen-bond donors (Lipinski definition) is 0. The Balaban J connectivity index is 1.20. The van der Waals surface area contributed by atoms with Gasteiger partial charge in [0, 0.05) is 11.3 Å². The Morgan fingerprint density at radius 1 is 0.826 bits per heavy atom. The third-order valence-corrected chi connectivity index (χ3v) is 13.5. The van der Waals surface area contributed by atoms with Gasteiger partial charge < -0.3 is 0 Å². The van der Waals surface area contributed by atoms with Gasteiger partial charge in [0.05, 0.1) is 0 Å². The number of allylic oxidation sites excluding steroid dienone is 10. The van der Waals surface area contributed by atoms with E-state index in [1.165, 1.54) is 51.2 Å². The number of benzene rings is 4. The summed E-state index contributed by atoms with van der Waals surface area (Å²) in [5.41, 5.74) is 17.6. The summed E-state index contributed by atoms with van der Waals surface area (Å²) < 4.78 is 0. The van der Waals surface area contributed by atoms with Crippen LogP contribution < -0.4 is 10.4 Å². The summed E-state index contributed by atoms with van der Waals surface area (Å²) in [5.74, 6) is 1.65. The van der Waals surface area contributed by atoms with Crippen molar-refractivity contribution in [2.45, 2.75) is 76.5 Å². The van der Waals surface area contributed by atoms with Crippen LogP contribution in [0.25, 0.3) is 50.4 Å². The first-order valence-electron chi connectivity index (χ1n) is 17.7. The highest BCUT2D eigenvalue weighted by Gasteiger charge is 2.51. The van der Waals surface area contributed by atoms with Gasteiger partial charge in [0.15, 0.2) is 0 Å². The Morgan fingerprint density at radius 2 is 1.67 bits per heavy atom. The second-order valence-corrected chi connectivity index (χ2v) is 16.2. The van der Waals surface area contributed by atoms with E-state index in [0.29, 0.717) is 17.8 Å². The van der Waals surface area contributed by atoms with Crippen LogP contribution in [0.4, 0.5) is 0 Å². The molecule has 0 heterocycles. The van der Waals surface area contributed by atoms with Gasteiger partial charge in [-0.3, -0.25) is 0 Å². The van der Waals surface area contributed by atoms with Gasteiger partial charge in [-0.05, 0) is 149 Å². The van der Waals surface area contributed by atoms with E-state index < -0.39 is 0 Å². The van der Waals surface area contributed by atoms with Gasteiger partial charge in [-0.2, -0.15) is 0 Å². The molecule has 4 aromatic rings. The first-order chi connectivity index (χ1) is 22.3. The Labute approximate surface area is 271 Å². The lowest BCUT2D eigenvalue weighted by Gasteiger charge is -2.36. The van der Waals surface area contributed by atoms with Crippen molar-refractivity contribution in [2.24, 2.45) is 11.8 Å². The predicted molar refractivity (Wildman–Crippen MR) is 195 cm³/mol. The molecular formula is C46H40. The largest absolute Gasteiger partial charge is 0.0839 e. The average Bonchev–Trinajstić information content (AvgIpc) is 3.45. The van der Waals surface area contributed by atoms with Crippen molar-refractivity contribution in [3.05, 3.63) is 134 Å². The second-order valence-electron chi connectivity index (χ2n) is 16.2. The first kappa shape index (κ1) is 26.0. The van der Waals surface area contributed by atoms with Gasteiger partial charge in [0.25, 0.3) is 0 Å². The molecule has 0 saturated carbocycles. The molecule has 224 valence electrons. The molecular weight excluding hydrogens is 553 g/mol. The summed E-state index contributed by atoms with van der Waals surface area (Å²) in [4.78, 5) is 0. The molecule has 0 N–H and O–H groups in total. The lowest BCUT2D eigenvalue weighted by atomic mass is 9.67. The van der Waals surface area contributed by atoms with E-state index in [1.54, 1.807) is 61.2 Å². The quantitative estimate of drug-likeness (QED) is 0.191. The second kappa shape index (κ2) is 8.40. The zero-order valence-electron chi connectivity index (χ0n) is 27.4. The summed E-state index contributed by atoms with van der Waals surface area (Å²) in [5, 5.41) is 8.84. The van der Waals surface area contributed by atoms with Crippen molar-refractivity contribution in [1.82, 2.24) is 0 Å². The molecule has 46 heavy (non-hydrogen) atoms. The van der Waals surface area contributed by atoms with E-state index >= 15 is 0 Å². The number of hydrogen-bond acceptors (Lipinski definition) is 0. The monoisotopic (exact) mass is 592 g/mol. The minimum absolute atomic E-state index is 0.0245. The fourth-order valence-electron chi connectivity index (χ4n) is 11.4. The molecule has 0 aromatic heterocycles. The maximum absolute atomic E-state index is 2.71. The Morgan fingerprint density at radius 3 is 2.54 bits per heavy atom. The zero-order valence-corrected chi connectivity index (χ0v) is 27.4. The number of rotatable bonds is 0. The molecule has 0 aliphatic heterocycles. The summed E-state index contributed by atoms with van der Waals surface area (Å²) >= 11 is 0. The molecule has 0 spiro atoms. The molecule has 4 aromatic carbocycles. The van der Waals surface area contributed by atoms with Crippen LogP contribution in [-0.2, 0) is 17.3 Å². The topological polar surface area (TPSA) is 0 Å². The lowest BCUT2D eigenvalue weighted by Crippen LogP contribution is -2.29. The van der Waals surface area contributed by atoms with E-state index in [-0.39, 0.29) is 10.8 Å². The van der Waals surface area contributed by atoms with Crippen LogP contribution in [-0.4, -0.2) is 0 Å². The molecule has 3 unspecified atom stereocenters. The predicted octanol–water partition coefficient (Wildman–Crippen LogP) is 9.96. The van der Waals surface area contributed by atoms with Gasteiger partial charge in [0.1, 0.15) is 0 Å². The van der Waals surface area contributed by atoms with Gasteiger partial charge in [-0.25, -0.2) is 0 Å². The molecule has 7 aliphatic rings. The third kappa shape index (κ3) is 2.95. The summed E-state index contributed by atoms with van der Waals surface area (Å²) in [6.07, 6.45) is 25.3. The highest BCUT2D eigenvalue weighted by molar-refractivity contribution is 6.08. The van der Waals surface area contributed by atoms with Crippen LogP contribution in [0.1, 0.15) is 98.2 Å². The Hall–Kier alpha value is -4.16. The normalized spacial score (nSPS) is 26.3. The van der Waals surface area contributed by atoms with E-state index in [1.807, 2.05) is 0 Å². The van der Waals surface area contributed by atoms with Crippen molar-refractivity contribution in [3.63, 3.8) is 0 Å². The van der Waals surface area contributed by atoms with Crippen molar-refractivity contribution in [1.29, 1.82) is 0 Å². The Bertz CT molecular complexity index is 2440. The van der Waals surface area contributed by atoms with E-state index in [2.05, 4.69) is 119 Å². The molecule has 3 atom stereocenters. The van der Waals surface area contributed by atoms with Gasteiger partial charge in [-0.1, -0.05) is 113 Å². The van der Waals surface area contributed by atoms with Crippen LogP contribution in [0.15, 0.2) is 84.5 Å². The SMILES string of the molecule is CC1(C)C2=C(CC3C(=C2)c2c(c4c(c5ccccc25)C2=CC=CCC2CC4)C3(C)C)c2c1cc1ccc3c4c1c2=CCC4C=CC=3. The van der Waals surface area contributed by atoms with Gasteiger partial charge in [0.2, 0.25) is 0 Å². The van der Waals surface area contributed by atoms with E-state index in [4.69, 9.17) is 0 Å². The van der Waals surface area contributed by atoms with Crippen molar-refractivity contribution in [2.75, 3.05) is 0 Å². The molecule has 0 nitrogen and oxygen atoms in total. The minimum Gasteiger partial charge on any atom is -0.0839 e. The molecule has 0 radical (unpaired) electrons. The smallest absolute Gasteiger partial charge is 0.0156 e. The summed E-state index contributed by atoms with van der Waals surface area (Å²) in [7, 11) is 0. The van der Waals surface area contributed by atoms with Crippen LogP contribution in [0.3, 0.4) is 0 Å². The van der Waals surface area contributed by atoms with Crippen LogP contribution in [0.2, 0.25) is 0 Å². The summed E-state index contributed by atoms with van der Waals surface area (Å²) in [6.45, 7) is 10.2. The highest BCUT2D eigenvalue weighted by atomic mass is 14.5. The molecule has 0 bridgehead atoms. The fourth-order valence-corrected chi connectivity index (χ4v) is 11.4. The average molecular weight is 593 g/mol. The standard InChI is InChI=1S/C46H40/c1-45(2)36-24-35-37(23-34(36)42-32-20-19-27-12-9-11-26-16-17-28(22-38(42)45)40(32)39(26)27)46(3,4)44-33-21-18-25-10-5-6-13-29(25)41(33)30-14-7-8-15-31(30)43(35)44/h5-9,11-17,20,22,24-25,27,37H,10,18-19,21,23H2,1-4H3. The molecule has 0 heteroatoms. The maximum atomic E-state index is 2.71. The number of fused-ring (bicyclic) bond motifs is 13. The summed E-state index contributed by atoms with van der Waals surface area (Å²) in [6, 6.07) is 16.7. The zero-order chi connectivity index (χ0) is 30.7. The first-order valence-corrected chi connectivity index (χ1v) is 17.7. The molecule has 11 rings (SSSR count). The van der Waals surface area contributed by atoms with Crippen molar-refractivity contribution >= 4 is 50.4 Å². The van der Waals surface area contributed by atoms with Crippen LogP contribution >= 0.6 is 0 Å². The highest BCUT2D eigenvalue weighted by Crippen LogP contribution is 2.63. The fraction of sp³-hybridized carbons (Fsp3) is 0.304. The van der Waals surface area contributed by atoms with Gasteiger partial charge in [-0.15, -0.1) is 0 Å². The van der Waals surface area contributed by atoms with Crippen molar-refractivity contribution in [3.8, 4) is 0 Å². The van der Waals surface area contributed by atoms with Gasteiger partial charge >= 0.3 is 0 Å². The van der Waals surface area contributed by atoms with Crippen molar-refractivity contribution < 1.29 is 0 Å². The third-order valence-electron chi connectivity index (χ3n) is 13.5. The molecule has 0 fully saturated rings.